The Bertz CT molecular complexity index is 714. The first-order valence-electron chi connectivity index (χ1n) is 6.02. The first-order chi connectivity index (χ1) is 9.97. The van der Waals surface area contributed by atoms with E-state index in [9.17, 15) is 17.6 Å². The Morgan fingerprint density at radius 3 is 2.71 bits per heavy atom. The summed E-state index contributed by atoms with van der Waals surface area (Å²) in [7, 11) is -3.92. The minimum atomic E-state index is -3.92. The van der Waals surface area contributed by atoms with Gasteiger partial charge < -0.3 is 9.73 Å². The Morgan fingerprint density at radius 1 is 1.24 bits per heavy atom. The molecule has 0 radical (unpaired) electrons. The van der Waals surface area contributed by atoms with Gasteiger partial charge in [0.2, 0.25) is 15.9 Å². The van der Waals surface area contributed by atoms with Crippen LogP contribution < -0.4 is 10.0 Å². The second kappa shape index (κ2) is 6.51. The second-order valence-corrected chi connectivity index (χ2v) is 5.90. The number of halogens is 1. The van der Waals surface area contributed by atoms with Crippen LogP contribution in [0.3, 0.4) is 0 Å². The molecule has 0 saturated carbocycles. The van der Waals surface area contributed by atoms with Crippen molar-refractivity contribution in [3.8, 4) is 0 Å². The first kappa shape index (κ1) is 15.2. The fraction of sp³-hybridized carbons (Fsp3) is 0.154. The Hall–Kier alpha value is -2.19. The summed E-state index contributed by atoms with van der Waals surface area (Å²) in [5, 5.41) is 2.49. The monoisotopic (exact) mass is 312 g/mol. The summed E-state index contributed by atoms with van der Waals surface area (Å²) in [6.07, 6.45) is 1.47. The van der Waals surface area contributed by atoms with Gasteiger partial charge in [0, 0.05) is 0 Å². The van der Waals surface area contributed by atoms with Crippen molar-refractivity contribution in [1.82, 2.24) is 10.0 Å². The van der Waals surface area contributed by atoms with Crippen LogP contribution in [0.5, 0.6) is 0 Å². The van der Waals surface area contributed by atoms with E-state index in [1.54, 1.807) is 12.1 Å². The average molecular weight is 312 g/mol. The van der Waals surface area contributed by atoms with Gasteiger partial charge in [0.15, 0.2) is 0 Å². The highest BCUT2D eigenvalue weighted by Crippen LogP contribution is 2.09. The van der Waals surface area contributed by atoms with E-state index in [1.165, 1.54) is 18.4 Å². The number of carbonyl (C=O) groups is 1. The third kappa shape index (κ3) is 4.40. The molecule has 0 fully saturated rings. The standard InChI is InChI=1S/C13H13FN2O4S/c14-10-3-1-5-12(7-10)21(18,19)16-9-13(17)15-8-11-4-2-6-20-11/h1-7,16H,8-9H2,(H,15,17). The molecule has 0 unspecified atom stereocenters. The summed E-state index contributed by atoms with van der Waals surface area (Å²) >= 11 is 0. The predicted molar refractivity (Wildman–Crippen MR) is 72.1 cm³/mol. The number of amides is 1. The molecular formula is C13H13FN2O4S. The summed E-state index contributed by atoms with van der Waals surface area (Å²) in [6, 6.07) is 7.89. The van der Waals surface area contributed by atoms with Gasteiger partial charge in [-0.05, 0) is 30.3 Å². The SMILES string of the molecule is O=C(CNS(=O)(=O)c1cccc(F)c1)NCc1ccco1. The molecule has 0 aliphatic heterocycles. The van der Waals surface area contributed by atoms with E-state index < -0.39 is 28.3 Å². The molecule has 0 saturated heterocycles. The van der Waals surface area contributed by atoms with E-state index in [2.05, 4.69) is 10.0 Å². The molecule has 21 heavy (non-hydrogen) atoms. The van der Waals surface area contributed by atoms with E-state index in [0.717, 1.165) is 12.1 Å². The van der Waals surface area contributed by atoms with Crippen molar-refractivity contribution in [2.24, 2.45) is 0 Å². The molecule has 112 valence electrons. The number of benzene rings is 1. The summed E-state index contributed by atoms with van der Waals surface area (Å²) in [5.41, 5.74) is 0. The van der Waals surface area contributed by atoms with Crippen LogP contribution in [0, 0.1) is 5.82 Å². The minimum absolute atomic E-state index is 0.160. The van der Waals surface area contributed by atoms with E-state index in [-0.39, 0.29) is 11.4 Å². The van der Waals surface area contributed by atoms with Crippen molar-refractivity contribution in [3.05, 3.63) is 54.2 Å². The molecule has 2 rings (SSSR count). The van der Waals surface area contributed by atoms with Gasteiger partial charge in [-0.3, -0.25) is 4.79 Å². The maximum atomic E-state index is 13.0. The Kier molecular flexibility index (Phi) is 4.71. The molecule has 8 heteroatoms. The van der Waals surface area contributed by atoms with Crippen molar-refractivity contribution in [2.45, 2.75) is 11.4 Å². The zero-order valence-corrected chi connectivity index (χ0v) is 11.7. The van der Waals surface area contributed by atoms with Crippen LogP contribution >= 0.6 is 0 Å². The van der Waals surface area contributed by atoms with Gasteiger partial charge in [0.25, 0.3) is 0 Å². The van der Waals surface area contributed by atoms with E-state index in [0.29, 0.717) is 5.76 Å². The number of hydrogen-bond acceptors (Lipinski definition) is 4. The van der Waals surface area contributed by atoms with Crippen molar-refractivity contribution in [1.29, 1.82) is 0 Å². The van der Waals surface area contributed by atoms with E-state index in [4.69, 9.17) is 4.42 Å². The summed E-state index contributed by atoms with van der Waals surface area (Å²) in [4.78, 5) is 11.3. The first-order valence-corrected chi connectivity index (χ1v) is 7.50. The lowest BCUT2D eigenvalue weighted by Crippen LogP contribution is -2.36. The van der Waals surface area contributed by atoms with Gasteiger partial charge in [-0.1, -0.05) is 6.07 Å². The van der Waals surface area contributed by atoms with Crippen LogP contribution in [0.25, 0.3) is 0 Å². The Labute approximate surface area is 121 Å². The summed E-state index contributed by atoms with van der Waals surface area (Å²) < 4.78 is 43.8. The molecular weight excluding hydrogens is 299 g/mol. The highest BCUT2D eigenvalue weighted by molar-refractivity contribution is 7.89. The van der Waals surface area contributed by atoms with Gasteiger partial charge >= 0.3 is 0 Å². The van der Waals surface area contributed by atoms with Crippen molar-refractivity contribution in [2.75, 3.05) is 6.54 Å². The quantitative estimate of drug-likeness (QED) is 0.833. The van der Waals surface area contributed by atoms with Gasteiger partial charge in [0.05, 0.1) is 24.2 Å². The largest absolute Gasteiger partial charge is 0.467 e. The molecule has 2 aromatic rings. The Balaban J connectivity index is 1.88. The molecule has 0 bridgehead atoms. The number of rotatable bonds is 6. The molecule has 0 atom stereocenters. The molecule has 0 aliphatic carbocycles. The van der Waals surface area contributed by atoms with E-state index in [1.807, 2.05) is 0 Å². The minimum Gasteiger partial charge on any atom is -0.467 e. The summed E-state index contributed by atoms with van der Waals surface area (Å²) in [5.74, 6) is -0.636. The lowest BCUT2D eigenvalue weighted by Gasteiger charge is -2.07. The molecule has 0 aliphatic rings. The van der Waals surface area contributed by atoms with Crippen molar-refractivity contribution in [3.63, 3.8) is 0 Å². The number of nitrogens with one attached hydrogen (secondary N) is 2. The smallest absolute Gasteiger partial charge is 0.241 e. The summed E-state index contributed by atoms with van der Waals surface area (Å²) in [6.45, 7) is -0.285. The average Bonchev–Trinajstić information content (AvgIpc) is 2.96. The predicted octanol–water partition coefficient (Wildman–Crippen LogP) is 1.01. The maximum absolute atomic E-state index is 13.0. The van der Waals surface area contributed by atoms with Crippen molar-refractivity contribution >= 4 is 15.9 Å². The van der Waals surface area contributed by atoms with Crippen molar-refractivity contribution < 1.29 is 22.0 Å². The van der Waals surface area contributed by atoms with Crippen LogP contribution in [-0.2, 0) is 21.4 Å². The molecule has 1 aromatic heterocycles. The van der Waals surface area contributed by atoms with Gasteiger partial charge in [-0.15, -0.1) is 0 Å². The highest BCUT2D eigenvalue weighted by Gasteiger charge is 2.16. The van der Waals surface area contributed by atoms with Crippen LogP contribution in [0.15, 0.2) is 52.0 Å². The lowest BCUT2D eigenvalue weighted by atomic mass is 10.4. The van der Waals surface area contributed by atoms with Crippen LogP contribution in [-0.4, -0.2) is 20.9 Å². The van der Waals surface area contributed by atoms with Gasteiger partial charge in [-0.25, -0.2) is 17.5 Å². The highest BCUT2D eigenvalue weighted by atomic mass is 32.2. The third-order valence-electron chi connectivity index (χ3n) is 2.57. The number of furan rings is 1. The zero-order valence-electron chi connectivity index (χ0n) is 10.9. The maximum Gasteiger partial charge on any atom is 0.241 e. The fourth-order valence-corrected chi connectivity index (χ4v) is 2.55. The topological polar surface area (TPSA) is 88.4 Å². The normalized spacial score (nSPS) is 11.3. The van der Waals surface area contributed by atoms with Crippen LogP contribution in [0.4, 0.5) is 4.39 Å². The Morgan fingerprint density at radius 2 is 2.05 bits per heavy atom. The molecule has 1 amide bonds. The number of hydrogen-bond donors (Lipinski definition) is 2. The van der Waals surface area contributed by atoms with Crippen LogP contribution in [0.2, 0.25) is 0 Å². The third-order valence-corrected chi connectivity index (χ3v) is 3.97. The van der Waals surface area contributed by atoms with Gasteiger partial charge in [0.1, 0.15) is 11.6 Å². The molecule has 1 aromatic carbocycles. The fourth-order valence-electron chi connectivity index (χ4n) is 1.54. The molecule has 6 nitrogen and oxygen atoms in total. The zero-order chi connectivity index (χ0) is 15.3. The number of carbonyl (C=O) groups excluding carboxylic acids is 1. The van der Waals surface area contributed by atoms with E-state index >= 15 is 0 Å². The molecule has 0 spiro atoms. The lowest BCUT2D eigenvalue weighted by molar-refractivity contribution is -0.120. The molecule has 1 heterocycles. The van der Waals surface area contributed by atoms with Crippen LogP contribution in [0.1, 0.15) is 5.76 Å². The number of sulfonamides is 1. The molecule has 2 N–H and O–H groups in total. The van der Waals surface area contributed by atoms with Gasteiger partial charge in [-0.2, -0.15) is 0 Å². The second-order valence-electron chi connectivity index (χ2n) is 4.14.